The summed E-state index contributed by atoms with van der Waals surface area (Å²) in [5.41, 5.74) is 3.43. The summed E-state index contributed by atoms with van der Waals surface area (Å²) in [7, 11) is 0. The van der Waals surface area contributed by atoms with Gasteiger partial charge in [-0.15, -0.1) is 11.6 Å². The molecule has 2 aromatic rings. The first kappa shape index (κ1) is 18.7. The Morgan fingerprint density at radius 2 is 1.81 bits per heavy atom. The van der Waals surface area contributed by atoms with Crippen LogP contribution in [0, 0.1) is 5.92 Å². The molecule has 0 aromatic heterocycles. The summed E-state index contributed by atoms with van der Waals surface area (Å²) in [6, 6.07) is 15.3. The fourth-order valence-electron chi connectivity index (χ4n) is 3.44. The summed E-state index contributed by atoms with van der Waals surface area (Å²) in [5, 5.41) is 0. The number of ether oxygens (including phenoxy) is 1. The second-order valence-electron chi connectivity index (χ2n) is 7.12. The lowest BCUT2D eigenvalue weighted by Gasteiger charge is -2.21. The lowest BCUT2D eigenvalue weighted by molar-refractivity contribution is -0.150. The normalized spacial score (nSPS) is 18.8. The van der Waals surface area contributed by atoms with E-state index in [0.29, 0.717) is 17.9 Å². The van der Waals surface area contributed by atoms with Crippen LogP contribution >= 0.6 is 11.6 Å². The van der Waals surface area contributed by atoms with E-state index in [4.69, 9.17) is 16.3 Å². The average Bonchev–Trinajstić information content (AvgIpc) is 2.88. The summed E-state index contributed by atoms with van der Waals surface area (Å²) in [4.78, 5) is 25.3. The number of Topliss-reactive ketones (excluding diaryl/α,β-unsaturated/α-hetero) is 1. The molecule has 1 aliphatic rings. The molecule has 0 fully saturated rings. The number of benzene rings is 2. The highest BCUT2D eigenvalue weighted by Gasteiger charge is 2.42. The number of esters is 1. The van der Waals surface area contributed by atoms with Gasteiger partial charge in [0.25, 0.3) is 0 Å². The number of fused-ring (bicyclic) bond motifs is 1. The van der Waals surface area contributed by atoms with E-state index in [9.17, 15) is 9.59 Å². The van der Waals surface area contributed by atoms with Crippen molar-refractivity contribution in [3.05, 3.63) is 70.8 Å². The van der Waals surface area contributed by atoms with E-state index < -0.39 is 12.0 Å². The molecule has 0 radical (unpaired) electrons. The fourth-order valence-corrected chi connectivity index (χ4v) is 3.65. The molecule has 0 saturated heterocycles. The number of aryl methyl sites for hydroxylation is 1. The van der Waals surface area contributed by atoms with Gasteiger partial charge in [-0.05, 0) is 23.5 Å². The predicted molar refractivity (Wildman–Crippen MR) is 103 cm³/mol. The largest absolute Gasteiger partial charge is 0.456 e. The Kier molecular flexibility index (Phi) is 5.77. The van der Waals surface area contributed by atoms with E-state index >= 15 is 0 Å². The molecule has 136 valence electrons. The Balaban J connectivity index is 1.93. The van der Waals surface area contributed by atoms with Crippen molar-refractivity contribution in [2.24, 2.45) is 5.92 Å². The first-order valence-corrected chi connectivity index (χ1v) is 9.52. The minimum atomic E-state index is -0.566. The zero-order valence-electron chi connectivity index (χ0n) is 15.1. The Labute approximate surface area is 159 Å². The molecule has 3 rings (SSSR count). The predicted octanol–water partition coefficient (Wildman–Crippen LogP) is 5.08. The van der Waals surface area contributed by atoms with Gasteiger partial charge >= 0.3 is 5.97 Å². The van der Waals surface area contributed by atoms with Gasteiger partial charge in [0.1, 0.15) is 6.10 Å². The Bertz CT molecular complexity index is 795. The van der Waals surface area contributed by atoms with Crippen molar-refractivity contribution in [1.82, 2.24) is 0 Å². The third-order valence-corrected chi connectivity index (χ3v) is 4.86. The van der Waals surface area contributed by atoms with Crippen LogP contribution in [0.3, 0.4) is 0 Å². The minimum Gasteiger partial charge on any atom is -0.456 e. The Hall–Kier alpha value is -2.13. The van der Waals surface area contributed by atoms with Crippen molar-refractivity contribution in [1.29, 1.82) is 0 Å². The summed E-state index contributed by atoms with van der Waals surface area (Å²) in [6.45, 7) is 3.95. The second-order valence-corrected chi connectivity index (χ2v) is 7.50. The highest BCUT2D eigenvalue weighted by atomic mass is 35.5. The highest BCUT2D eigenvalue weighted by molar-refractivity contribution is 6.18. The molecule has 0 heterocycles. The lowest BCUT2D eigenvalue weighted by atomic mass is 9.92. The van der Waals surface area contributed by atoms with E-state index in [-0.39, 0.29) is 17.7 Å². The molecule has 2 atom stereocenters. The van der Waals surface area contributed by atoms with Crippen molar-refractivity contribution in [2.75, 3.05) is 5.88 Å². The van der Waals surface area contributed by atoms with Crippen molar-refractivity contribution in [3.63, 3.8) is 0 Å². The number of hydrogen-bond donors (Lipinski definition) is 0. The Morgan fingerprint density at radius 1 is 1.12 bits per heavy atom. The van der Waals surface area contributed by atoms with Gasteiger partial charge in [0.2, 0.25) is 0 Å². The fraction of sp³-hybridized carbons (Fsp3) is 0.364. The summed E-state index contributed by atoms with van der Waals surface area (Å²) >= 11 is 5.80. The quantitative estimate of drug-likeness (QED) is 0.526. The molecule has 4 heteroatoms. The average molecular weight is 371 g/mol. The van der Waals surface area contributed by atoms with Gasteiger partial charge in [-0.25, -0.2) is 0 Å². The maximum atomic E-state index is 13.0. The van der Waals surface area contributed by atoms with Crippen molar-refractivity contribution >= 4 is 23.4 Å². The van der Waals surface area contributed by atoms with Crippen LogP contribution in [-0.4, -0.2) is 17.6 Å². The van der Waals surface area contributed by atoms with Crippen LogP contribution in [0.25, 0.3) is 0 Å². The monoisotopic (exact) mass is 370 g/mol. The van der Waals surface area contributed by atoms with Crippen LogP contribution in [-0.2, 0) is 16.0 Å². The van der Waals surface area contributed by atoms with Gasteiger partial charge < -0.3 is 4.74 Å². The number of carbonyl (C=O) groups is 2. The van der Waals surface area contributed by atoms with Crippen molar-refractivity contribution in [3.8, 4) is 0 Å². The van der Waals surface area contributed by atoms with Gasteiger partial charge in [0.15, 0.2) is 5.78 Å². The van der Waals surface area contributed by atoms with Crippen LogP contribution in [0.4, 0.5) is 0 Å². The number of ketones is 1. The number of rotatable bonds is 6. The van der Waals surface area contributed by atoms with Crippen LogP contribution in [0.2, 0.25) is 0 Å². The standard InChI is InChI=1S/C22H23ClO3/c1-14(2)13-19(24)26-22-18-6-4-3-5-17(18)21(25)20(22)16-9-7-15(8-10-16)11-12-23/h3-10,14,20,22H,11-13H2,1-2H3. The topological polar surface area (TPSA) is 43.4 Å². The smallest absolute Gasteiger partial charge is 0.306 e. The van der Waals surface area contributed by atoms with E-state index in [1.807, 2.05) is 62.4 Å². The van der Waals surface area contributed by atoms with Crippen LogP contribution in [0.1, 0.15) is 59.3 Å². The molecule has 2 aromatic carbocycles. The zero-order chi connectivity index (χ0) is 18.7. The second kappa shape index (κ2) is 8.05. The van der Waals surface area contributed by atoms with E-state index in [1.54, 1.807) is 0 Å². The lowest BCUT2D eigenvalue weighted by Crippen LogP contribution is -2.18. The summed E-state index contributed by atoms with van der Waals surface area (Å²) in [6.07, 6.45) is 0.561. The molecule has 26 heavy (non-hydrogen) atoms. The number of alkyl halides is 1. The van der Waals surface area contributed by atoms with Crippen LogP contribution in [0.15, 0.2) is 48.5 Å². The molecule has 3 nitrogen and oxygen atoms in total. The maximum Gasteiger partial charge on any atom is 0.306 e. The SMILES string of the molecule is CC(C)CC(=O)OC1c2ccccc2C(=O)C1c1ccc(CCCl)cc1. The van der Waals surface area contributed by atoms with Gasteiger partial charge in [-0.3, -0.25) is 9.59 Å². The molecule has 0 spiro atoms. The summed E-state index contributed by atoms with van der Waals surface area (Å²) < 4.78 is 5.78. The molecule has 0 amide bonds. The molecule has 0 saturated carbocycles. The molecule has 0 N–H and O–H groups in total. The first-order valence-electron chi connectivity index (χ1n) is 8.98. The summed E-state index contributed by atoms with van der Waals surface area (Å²) in [5.74, 6) is 0.0192. The zero-order valence-corrected chi connectivity index (χ0v) is 15.8. The van der Waals surface area contributed by atoms with Gasteiger partial charge in [0.05, 0.1) is 5.92 Å². The van der Waals surface area contributed by atoms with E-state index in [0.717, 1.165) is 23.1 Å². The highest BCUT2D eigenvalue weighted by Crippen LogP contribution is 2.45. The molecule has 2 unspecified atom stereocenters. The van der Waals surface area contributed by atoms with Gasteiger partial charge in [-0.2, -0.15) is 0 Å². The Morgan fingerprint density at radius 3 is 2.46 bits per heavy atom. The van der Waals surface area contributed by atoms with Gasteiger partial charge in [-0.1, -0.05) is 62.4 Å². The third-order valence-electron chi connectivity index (χ3n) is 4.67. The van der Waals surface area contributed by atoms with Crippen LogP contribution < -0.4 is 0 Å². The molecular formula is C22H23ClO3. The van der Waals surface area contributed by atoms with E-state index in [2.05, 4.69) is 0 Å². The third kappa shape index (κ3) is 3.83. The van der Waals surface area contributed by atoms with Crippen molar-refractivity contribution < 1.29 is 14.3 Å². The maximum absolute atomic E-state index is 13.0. The molecule has 0 bridgehead atoms. The van der Waals surface area contributed by atoms with Crippen molar-refractivity contribution in [2.45, 2.75) is 38.7 Å². The van der Waals surface area contributed by atoms with Crippen LogP contribution in [0.5, 0.6) is 0 Å². The number of halogens is 1. The first-order chi connectivity index (χ1) is 12.5. The van der Waals surface area contributed by atoms with Gasteiger partial charge in [0, 0.05) is 23.4 Å². The molecular weight excluding hydrogens is 348 g/mol. The molecule has 0 aliphatic heterocycles. The number of hydrogen-bond acceptors (Lipinski definition) is 3. The number of carbonyl (C=O) groups excluding carboxylic acids is 2. The minimum absolute atomic E-state index is 0.00744. The molecule has 1 aliphatic carbocycles. The van der Waals surface area contributed by atoms with E-state index in [1.165, 1.54) is 0 Å².